The number of carboxylic acids is 1. The smallest absolute Gasteiger partial charge is 0.152 e. The first-order valence-corrected chi connectivity index (χ1v) is 8.64. The number of benzene rings is 2. The third-order valence-electron chi connectivity index (χ3n) is 4.30. The van der Waals surface area contributed by atoms with E-state index in [2.05, 4.69) is 9.97 Å². The van der Waals surface area contributed by atoms with Crippen molar-refractivity contribution in [3.63, 3.8) is 0 Å². The largest absolute Gasteiger partial charge is 0.545 e. The molecule has 2 N–H and O–H groups in total. The number of carbonyl (C=O) groups excluding carboxylic acids is 1. The lowest BCUT2D eigenvalue weighted by Crippen LogP contribution is -2.21. The van der Waals surface area contributed by atoms with E-state index < -0.39 is 5.97 Å². The monoisotopic (exact) mass is 377 g/mol. The van der Waals surface area contributed by atoms with Crippen molar-refractivity contribution in [1.29, 1.82) is 0 Å². The molecule has 0 bridgehead atoms. The number of hydrogen-bond donors (Lipinski definition) is 1. The molecule has 0 aliphatic carbocycles. The molecule has 8 heteroatoms. The van der Waals surface area contributed by atoms with E-state index in [1.54, 1.807) is 18.5 Å². The Labute approximate surface area is 160 Å². The normalized spacial score (nSPS) is 11.1. The molecule has 2 aromatic carbocycles. The Kier molecular flexibility index (Phi) is 4.77. The van der Waals surface area contributed by atoms with Gasteiger partial charge in [-0.05, 0) is 35.9 Å². The highest BCUT2D eigenvalue weighted by Crippen LogP contribution is 2.26. The quantitative estimate of drug-likeness (QED) is 0.486. The van der Waals surface area contributed by atoms with Gasteiger partial charge in [0, 0.05) is 5.39 Å². The molecular formula is C20H17N4O4-. The van der Waals surface area contributed by atoms with Crippen LogP contribution in [0.15, 0.2) is 54.9 Å². The fourth-order valence-electron chi connectivity index (χ4n) is 2.97. The predicted octanol–water partition coefficient (Wildman–Crippen LogP) is 1.58. The van der Waals surface area contributed by atoms with Crippen LogP contribution in [-0.4, -0.2) is 33.7 Å². The van der Waals surface area contributed by atoms with E-state index in [1.807, 2.05) is 28.8 Å². The molecular weight excluding hydrogens is 360 g/mol. The fourth-order valence-corrected chi connectivity index (χ4v) is 2.97. The Bertz CT molecular complexity index is 1140. The van der Waals surface area contributed by atoms with E-state index in [9.17, 15) is 9.90 Å². The number of fused-ring (bicyclic) bond motifs is 3. The summed E-state index contributed by atoms with van der Waals surface area (Å²) >= 11 is 0. The minimum atomic E-state index is -1.22. The number of nitrogen functional groups attached to an aromatic ring is 1. The van der Waals surface area contributed by atoms with Gasteiger partial charge in [0.15, 0.2) is 5.82 Å². The van der Waals surface area contributed by atoms with Crippen LogP contribution in [0.5, 0.6) is 5.75 Å². The molecule has 28 heavy (non-hydrogen) atoms. The maximum atomic E-state index is 10.7. The van der Waals surface area contributed by atoms with E-state index in [4.69, 9.17) is 15.2 Å². The summed E-state index contributed by atoms with van der Waals surface area (Å²) in [4.78, 5) is 19.5. The molecule has 0 saturated heterocycles. The van der Waals surface area contributed by atoms with E-state index in [1.165, 1.54) is 12.1 Å². The number of ether oxygens (including phenoxy) is 2. The van der Waals surface area contributed by atoms with Gasteiger partial charge in [-0.2, -0.15) is 0 Å². The molecule has 0 saturated carbocycles. The zero-order valence-electron chi connectivity index (χ0n) is 14.9. The number of nitrogens with two attached hydrogens (primary N) is 1. The molecule has 2 aromatic heterocycles. The summed E-state index contributed by atoms with van der Waals surface area (Å²) < 4.78 is 13.1. The molecule has 0 radical (unpaired) electrons. The number of aromatic nitrogens is 3. The Balaban J connectivity index is 1.39. The number of imidazole rings is 1. The third-order valence-corrected chi connectivity index (χ3v) is 4.30. The first-order valence-electron chi connectivity index (χ1n) is 8.64. The molecule has 4 rings (SSSR count). The van der Waals surface area contributed by atoms with Crippen molar-refractivity contribution in [2.75, 3.05) is 18.9 Å². The summed E-state index contributed by atoms with van der Waals surface area (Å²) in [6.45, 7) is 0.957. The molecule has 0 amide bonds. The molecule has 4 aromatic rings. The average Bonchev–Trinajstić information content (AvgIpc) is 3.13. The van der Waals surface area contributed by atoms with Gasteiger partial charge < -0.3 is 29.7 Å². The second-order valence-corrected chi connectivity index (χ2v) is 6.12. The molecule has 142 valence electrons. The lowest BCUT2D eigenvalue weighted by molar-refractivity contribution is -0.255. The van der Waals surface area contributed by atoms with Crippen LogP contribution in [0.25, 0.3) is 21.9 Å². The van der Waals surface area contributed by atoms with Gasteiger partial charge in [-0.15, -0.1) is 0 Å². The molecule has 8 nitrogen and oxygen atoms in total. The molecule has 0 atom stereocenters. The van der Waals surface area contributed by atoms with Crippen molar-refractivity contribution in [3.8, 4) is 5.75 Å². The Morgan fingerprint density at radius 1 is 1.11 bits per heavy atom. The minimum Gasteiger partial charge on any atom is -0.545 e. The molecule has 0 unspecified atom stereocenters. The van der Waals surface area contributed by atoms with Gasteiger partial charge in [-0.3, -0.25) is 0 Å². The summed E-state index contributed by atoms with van der Waals surface area (Å²) in [7, 11) is 0. The van der Waals surface area contributed by atoms with Crippen molar-refractivity contribution >= 4 is 33.7 Å². The molecule has 0 fully saturated rings. The third kappa shape index (κ3) is 3.45. The first kappa shape index (κ1) is 17.7. The van der Waals surface area contributed by atoms with Gasteiger partial charge >= 0.3 is 0 Å². The van der Waals surface area contributed by atoms with Crippen molar-refractivity contribution < 1.29 is 19.4 Å². The zero-order valence-corrected chi connectivity index (χ0v) is 14.9. The van der Waals surface area contributed by atoms with Crippen LogP contribution >= 0.6 is 0 Å². The maximum absolute atomic E-state index is 10.7. The number of hydrogen-bond acceptors (Lipinski definition) is 7. The molecule has 0 spiro atoms. The fraction of sp³-hybridized carbons (Fsp3) is 0.150. The van der Waals surface area contributed by atoms with Crippen LogP contribution in [0, 0.1) is 0 Å². The highest BCUT2D eigenvalue weighted by molar-refractivity contribution is 6.06. The van der Waals surface area contributed by atoms with Crippen LogP contribution in [0.4, 0.5) is 5.82 Å². The van der Waals surface area contributed by atoms with E-state index in [0.29, 0.717) is 30.3 Å². The standard InChI is InChI=1S/C20H18N4O4/c21-19-17-18(15-3-1-2-4-16(15)23-19)24(11-22-17)12-27-9-10-28-14-7-5-13(6-8-14)20(25)26/h1-8,11H,9-10,12H2,(H2,21,23)(H,25,26)/p-1. The lowest BCUT2D eigenvalue weighted by Gasteiger charge is -2.10. The maximum Gasteiger partial charge on any atom is 0.152 e. The molecule has 0 aliphatic heterocycles. The van der Waals surface area contributed by atoms with Crippen molar-refractivity contribution in [3.05, 3.63) is 60.4 Å². The minimum absolute atomic E-state index is 0.108. The number of pyridine rings is 1. The number of aromatic carboxylic acids is 1. The predicted molar refractivity (Wildman–Crippen MR) is 102 cm³/mol. The van der Waals surface area contributed by atoms with Gasteiger partial charge in [0.25, 0.3) is 0 Å². The summed E-state index contributed by atoms with van der Waals surface area (Å²) in [5, 5.41) is 11.7. The number of nitrogens with zero attached hydrogens (tertiary/aromatic N) is 3. The zero-order chi connectivity index (χ0) is 19.5. The highest BCUT2D eigenvalue weighted by Gasteiger charge is 2.11. The Morgan fingerprint density at radius 3 is 2.68 bits per heavy atom. The second-order valence-electron chi connectivity index (χ2n) is 6.12. The lowest BCUT2D eigenvalue weighted by atomic mass is 10.2. The number of carboxylic acid groups (broad SMARTS) is 1. The van der Waals surface area contributed by atoms with Gasteiger partial charge in [0.2, 0.25) is 0 Å². The number of rotatable bonds is 7. The summed E-state index contributed by atoms with van der Waals surface area (Å²) in [6.07, 6.45) is 1.68. The van der Waals surface area contributed by atoms with Gasteiger partial charge in [0.05, 0.1) is 29.9 Å². The summed E-state index contributed by atoms with van der Waals surface area (Å²) in [5.74, 6) is -0.270. The van der Waals surface area contributed by atoms with E-state index in [-0.39, 0.29) is 12.3 Å². The number of para-hydroxylation sites is 1. The molecule has 2 heterocycles. The van der Waals surface area contributed by atoms with Crippen LogP contribution in [-0.2, 0) is 11.5 Å². The summed E-state index contributed by atoms with van der Waals surface area (Å²) in [6, 6.07) is 13.8. The first-order chi connectivity index (χ1) is 13.6. The van der Waals surface area contributed by atoms with E-state index >= 15 is 0 Å². The van der Waals surface area contributed by atoms with Gasteiger partial charge in [-0.25, -0.2) is 9.97 Å². The van der Waals surface area contributed by atoms with Crippen LogP contribution in [0.1, 0.15) is 10.4 Å². The van der Waals surface area contributed by atoms with Crippen LogP contribution in [0.3, 0.4) is 0 Å². The van der Waals surface area contributed by atoms with Crippen molar-refractivity contribution in [1.82, 2.24) is 14.5 Å². The van der Waals surface area contributed by atoms with Gasteiger partial charge in [0.1, 0.15) is 24.6 Å². The number of anilines is 1. The molecule has 0 aliphatic rings. The Hall–Kier alpha value is -3.65. The topological polar surface area (TPSA) is 115 Å². The SMILES string of the molecule is Nc1nc2ccccc2c2c1ncn2COCCOc1ccc(C(=O)[O-])cc1. The number of carbonyl (C=O) groups is 1. The average molecular weight is 377 g/mol. The highest BCUT2D eigenvalue weighted by atomic mass is 16.5. The van der Waals surface area contributed by atoms with Crippen LogP contribution in [0.2, 0.25) is 0 Å². The summed E-state index contributed by atoms with van der Waals surface area (Å²) in [5.41, 5.74) is 8.45. The van der Waals surface area contributed by atoms with Gasteiger partial charge in [-0.1, -0.05) is 18.2 Å². The van der Waals surface area contributed by atoms with E-state index in [0.717, 1.165) is 16.4 Å². The van der Waals surface area contributed by atoms with Crippen LogP contribution < -0.4 is 15.6 Å². The Morgan fingerprint density at radius 2 is 1.89 bits per heavy atom. The van der Waals surface area contributed by atoms with Crippen molar-refractivity contribution in [2.24, 2.45) is 0 Å². The van der Waals surface area contributed by atoms with Crippen molar-refractivity contribution in [2.45, 2.75) is 6.73 Å². The second kappa shape index (κ2) is 7.53.